The van der Waals surface area contributed by atoms with Crippen LogP contribution in [-0.2, 0) is 0 Å². The number of hydrogen-bond acceptors (Lipinski definition) is 3. The van der Waals surface area contributed by atoms with Crippen LogP contribution in [0, 0.1) is 11.8 Å². The van der Waals surface area contributed by atoms with Crippen LogP contribution in [0.4, 0.5) is 13.2 Å². The van der Waals surface area contributed by atoms with Crippen LogP contribution in [-0.4, -0.2) is 21.0 Å². The Bertz CT molecular complexity index is 1100. The number of halogens is 3. The second kappa shape index (κ2) is 7.39. The Morgan fingerprint density at radius 3 is 2.72 bits per heavy atom. The molecule has 2 aromatic heterocycles. The van der Waals surface area contributed by atoms with Gasteiger partial charge in [-0.05, 0) is 64.8 Å². The van der Waals surface area contributed by atoms with Gasteiger partial charge in [-0.15, -0.1) is 13.2 Å². The minimum absolute atomic E-state index is 0.134. The number of fused-ring (bicyclic) bond motifs is 1. The minimum atomic E-state index is -4.73. The van der Waals surface area contributed by atoms with E-state index in [-0.39, 0.29) is 11.7 Å². The summed E-state index contributed by atoms with van der Waals surface area (Å²) in [7, 11) is 0. The predicted octanol–water partition coefficient (Wildman–Crippen LogP) is 5.77. The van der Waals surface area contributed by atoms with Crippen molar-refractivity contribution >= 4 is 16.8 Å². The van der Waals surface area contributed by atoms with Crippen LogP contribution in [0.3, 0.4) is 0 Å². The molecular weight excluding hydrogens is 379 g/mol. The lowest BCUT2D eigenvalue weighted by Gasteiger charge is -2.24. The highest BCUT2D eigenvalue weighted by atomic mass is 19.4. The van der Waals surface area contributed by atoms with Gasteiger partial charge in [0.15, 0.2) is 5.65 Å². The lowest BCUT2D eigenvalue weighted by Crippen LogP contribution is -2.17. The fraction of sp³-hybridized carbons (Fsp3) is 0.273. The first-order chi connectivity index (χ1) is 13.8. The third-order valence-corrected chi connectivity index (χ3v) is 5.36. The van der Waals surface area contributed by atoms with Crippen molar-refractivity contribution in [2.24, 2.45) is 11.8 Å². The Kier molecular flexibility index (Phi) is 4.90. The van der Waals surface area contributed by atoms with Crippen LogP contribution < -0.4 is 4.74 Å². The summed E-state index contributed by atoms with van der Waals surface area (Å²) in [6.45, 7) is 4.26. The van der Waals surface area contributed by atoms with E-state index >= 15 is 0 Å². The first kappa shape index (κ1) is 19.2. The molecule has 1 aromatic carbocycles. The molecule has 0 spiro atoms. The molecule has 2 heterocycles. The third kappa shape index (κ3) is 4.04. The number of alkyl halides is 3. The zero-order chi connectivity index (χ0) is 20.6. The molecule has 3 aromatic rings. The summed E-state index contributed by atoms with van der Waals surface area (Å²) in [4.78, 5) is 4.24. The lowest BCUT2D eigenvalue weighted by atomic mass is 9.81. The monoisotopic (exact) mass is 399 g/mol. The highest BCUT2D eigenvalue weighted by Crippen LogP contribution is 2.41. The maximum Gasteiger partial charge on any atom is 0.573 e. The summed E-state index contributed by atoms with van der Waals surface area (Å²) in [5, 5.41) is 4.12. The van der Waals surface area contributed by atoms with E-state index in [1.54, 1.807) is 10.6 Å². The number of nitrogens with zero attached hydrogens (tertiary/aromatic N) is 3. The van der Waals surface area contributed by atoms with Gasteiger partial charge in [-0.1, -0.05) is 38.1 Å². The van der Waals surface area contributed by atoms with Crippen molar-refractivity contribution < 1.29 is 17.9 Å². The summed E-state index contributed by atoms with van der Waals surface area (Å²) in [6, 6.07) is 10.1. The smallest absolute Gasteiger partial charge is 0.406 e. The van der Waals surface area contributed by atoms with E-state index in [1.807, 2.05) is 24.4 Å². The number of pyridine rings is 1. The lowest BCUT2D eigenvalue weighted by molar-refractivity contribution is -0.274. The molecule has 0 saturated carbocycles. The van der Waals surface area contributed by atoms with Crippen LogP contribution >= 0.6 is 0 Å². The largest absolute Gasteiger partial charge is 0.573 e. The minimum Gasteiger partial charge on any atom is -0.406 e. The molecule has 1 aliphatic rings. The molecular formula is C22H20F3N3O. The molecule has 0 N–H and O–H groups in total. The Balaban J connectivity index is 1.88. The Morgan fingerprint density at radius 1 is 1.10 bits per heavy atom. The first-order valence-corrected chi connectivity index (χ1v) is 9.38. The van der Waals surface area contributed by atoms with Crippen molar-refractivity contribution in [3.63, 3.8) is 0 Å². The fourth-order valence-corrected chi connectivity index (χ4v) is 3.74. The number of allylic oxidation sites excluding steroid dienone is 4. The van der Waals surface area contributed by atoms with Gasteiger partial charge >= 0.3 is 6.36 Å². The van der Waals surface area contributed by atoms with Crippen LogP contribution in [0.25, 0.3) is 16.8 Å². The van der Waals surface area contributed by atoms with Gasteiger partial charge in [-0.2, -0.15) is 5.10 Å². The van der Waals surface area contributed by atoms with E-state index in [0.29, 0.717) is 17.1 Å². The molecule has 0 bridgehead atoms. The number of aromatic nitrogens is 3. The van der Waals surface area contributed by atoms with Crippen molar-refractivity contribution in [3.8, 4) is 5.75 Å². The quantitative estimate of drug-likeness (QED) is 0.561. The number of rotatable bonds is 3. The number of ether oxygens (including phenoxy) is 1. The van der Waals surface area contributed by atoms with E-state index in [1.165, 1.54) is 18.5 Å². The maximum atomic E-state index is 12.7. The van der Waals surface area contributed by atoms with E-state index in [2.05, 4.69) is 40.8 Å². The van der Waals surface area contributed by atoms with Gasteiger partial charge in [0.1, 0.15) is 12.1 Å². The fourth-order valence-electron chi connectivity index (χ4n) is 3.74. The molecule has 4 rings (SSSR count). The molecule has 0 radical (unpaired) electrons. The topological polar surface area (TPSA) is 39.4 Å². The highest BCUT2D eigenvalue weighted by Gasteiger charge is 2.31. The van der Waals surface area contributed by atoms with Crippen LogP contribution in [0.1, 0.15) is 31.4 Å². The van der Waals surface area contributed by atoms with Crippen LogP contribution in [0.15, 0.2) is 61.1 Å². The first-order valence-electron chi connectivity index (χ1n) is 9.38. The predicted molar refractivity (Wildman–Crippen MR) is 105 cm³/mol. The summed E-state index contributed by atoms with van der Waals surface area (Å²) in [5.41, 5.74) is 4.33. The second-order valence-corrected chi connectivity index (χ2v) is 7.29. The van der Waals surface area contributed by atoms with Gasteiger partial charge in [0, 0.05) is 6.20 Å². The van der Waals surface area contributed by atoms with Crippen molar-refractivity contribution in [1.29, 1.82) is 0 Å². The molecule has 2 unspecified atom stereocenters. The summed E-state index contributed by atoms with van der Waals surface area (Å²) >= 11 is 0. The molecule has 0 amide bonds. The van der Waals surface area contributed by atoms with Crippen molar-refractivity contribution in [2.75, 3.05) is 0 Å². The summed E-state index contributed by atoms with van der Waals surface area (Å²) < 4.78 is 44.0. The third-order valence-electron chi connectivity index (χ3n) is 5.36. The van der Waals surface area contributed by atoms with Crippen molar-refractivity contribution in [3.05, 3.63) is 72.2 Å². The number of hydrogen-bond donors (Lipinski definition) is 0. The molecule has 29 heavy (non-hydrogen) atoms. The molecule has 150 valence electrons. The van der Waals surface area contributed by atoms with Gasteiger partial charge in [-0.3, -0.25) is 0 Å². The molecule has 2 atom stereocenters. The molecule has 0 saturated heterocycles. The molecule has 7 heteroatoms. The average molecular weight is 399 g/mol. The number of benzene rings is 1. The van der Waals surface area contributed by atoms with E-state index in [0.717, 1.165) is 23.1 Å². The Morgan fingerprint density at radius 2 is 1.93 bits per heavy atom. The molecule has 0 aliphatic heterocycles. The SMILES string of the molecule is CC1CC=CC(c2ccn3ncnc3c2)=C(c2cccc(OC(F)(F)F)c2)C1C. The standard InChI is InChI=1S/C22H20F3N3O/c1-14-5-3-8-19(16-9-10-28-20(12-16)26-13-27-28)21(15(14)2)17-6-4-7-18(11-17)29-22(23,24)25/h3-4,6-15H,5H2,1-2H3. The molecule has 0 fully saturated rings. The van der Waals surface area contributed by atoms with Gasteiger partial charge in [0.2, 0.25) is 0 Å². The maximum absolute atomic E-state index is 12.7. The van der Waals surface area contributed by atoms with Gasteiger partial charge in [0.05, 0.1) is 0 Å². The van der Waals surface area contributed by atoms with Gasteiger partial charge in [0.25, 0.3) is 0 Å². The zero-order valence-electron chi connectivity index (χ0n) is 16.0. The normalized spacial score (nSPS) is 20.2. The van der Waals surface area contributed by atoms with Gasteiger partial charge in [-0.25, -0.2) is 9.50 Å². The molecule has 1 aliphatic carbocycles. The average Bonchev–Trinajstić information content (AvgIpc) is 3.07. The van der Waals surface area contributed by atoms with Crippen LogP contribution in [0.5, 0.6) is 5.75 Å². The van der Waals surface area contributed by atoms with Gasteiger partial charge < -0.3 is 4.74 Å². The second-order valence-electron chi connectivity index (χ2n) is 7.29. The summed E-state index contributed by atoms with van der Waals surface area (Å²) in [6.07, 6.45) is 3.65. The summed E-state index contributed by atoms with van der Waals surface area (Å²) in [5.74, 6) is 0.251. The van der Waals surface area contributed by atoms with E-state index in [4.69, 9.17) is 0 Å². The van der Waals surface area contributed by atoms with E-state index in [9.17, 15) is 13.2 Å². The Labute approximate surface area is 166 Å². The Hall–Kier alpha value is -3.09. The highest BCUT2D eigenvalue weighted by molar-refractivity contribution is 5.97. The van der Waals surface area contributed by atoms with Crippen molar-refractivity contribution in [1.82, 2.24) is 14.6 Å². The zero-order valence-corrected chi connectivity index (χ0v) is 16.0. The van der Waals surface area contributed by atoms with Crippen LogP contribution in [0.2, 0.25) is 0 Å². The van der Waals surface area contributed by atoms with E-state index < -0.39 is 6.36 Å². The van der Waals surface area contributed by atoms with Crippen molar-refractivity contribution in [2.45, 2.75) is 26.6 Å². The molecule has 4 nitrogen and oxygen atoms in total.